The normalized spacial score (nSPS) is 14.1. The summed E-state index contributed by atoms with van der Waals surface area (Å²) in [5.41, 5.74) is 5.51. The average Bonchev–Trinajstić information content (AvgIpc) is 2.46. The maximum Gasteiger partial charge on any atom is 0.0465 e. The number of hydrazine groups is 1. The number of hydrogen-bond donors (Lipinski definition) is 2. The Bertz CT molecular complexity index is 453. The molecule has 0 radical (unpaired) electrons. The molecule has 18 heavy (non-hydrogen) atoms. The van der Waals surface area contributed by atoms with E-state index in [0.717, 1.165) is 6.42 Å². The van der Waals surface area contributed by atoms with Gasteiger partial charge in [0.15, 0.2) is 0 Å². The molecule has 0 saturated carbocycles. The molecule has 2 atom stereocenters. The molecule has 0 spiro atoms. The molecule has 2 nitrogen and oxygen atoms in total. The van der Waals surface area contributed by atoms with Crippen molar-refractivity contribution in [1.82, 2.24) is 5.43 Å². The van der Waals surface area contributed by atoms with Crippen molar-refractivity contribution in [3.63, 3.8) is 0 Å². The Hall–Kier alpha value is -1.64. The van der Waals surface area contributed by atoms with E-state index in [1.807, 2.05) is 24.3 Å². The summed E-state index contributed by atoms with van der Waals surface area (Å²) in [6.45, 7) is 2.24. The average molecular weight is 240 g/mol. The molecule has 0 amide bonds. The lowest BCUT2D eigenvalue weighted by Crippen LogP contribution is -2.29. The summed E-state index contributed by atoms with van der Waals surface area (Å²) >= 11 is 0. The van der Waals surface area contributed by atoms with E-state index in [1.54, 1.807) is 0 Å². The Morgan fingerprint density at radius 2 is 1.39 bits per heavy atom. The molecule has 2 aromatic rings. The fourth-order valence-electron chi connectivity index (χ4n) is 2.26. The molecule has 0 aliphatic heterocycles. The van der Waals surface area contributed by atoms with Crippen LogP contribution in [0.4, 0.5) is 0 Å². The van der Waals surface area contributed by atoms with Gasteiger partial charge in [-0.3, -0.25) is 11.3 Å². The highest BCUT2D eigenvalue weighted by Gasteiger charge is 2.14. The lowest BCUT2D eigenvalue weighted by Gasteiger charge is -2.21. The van der Waals surface area contributed by atoms with E-state index < -0.39 is 0 Å². The fraction of sp³-hybridized carbons (Fsp3) is 0.250. The van der Waals surface area contributed by atoms with Gasteiger partial charge in [-0.05, 0) is 23.5 Å². The van der Waals surface area contributed by atoms with Crippen molar-refractivity contribution in [2.45, 2.75) is 25.3 Å². The topological polar surface area (TPSA) is 38.0 Å². The van der Waals surface area contributed by atoms with E-state index in [0.29, 0.717) is 5.92 Å². The minimum Gasteiger partial charge on any atom is -0.271 e. The molecule has 0 aromatic heterocycles. The first-order valence-electron chi connectivity index (χ1n) is 6.37. The Kier molecular flexibility index (Phi) is 4.51. The van der Waals surface area contributed by atoms with E-state index in [-0.39, 0.29) is 6.04 Å². The van der Waals surface area contributed by atoms with Crippen molar-refractivity contribution in [2.24, 2.45) is 5.84 Å². The summed E-state index contributed by atoms with van der Waals surface area (Å²) in [5, 5.41) is 0. The van der Waals surface area contributed by atoms with Crippen molar-refractivity contribution in [1.29, 1.82) is 0 Å². The van der Waals surface area contributed by atoms with E-state index in [1.165, 1.54) is 11.1 Å². The maximum atomic E-state index is 5.68. The third-order valence-corrected chi connectivity index (χ3v) is 3.36. The molecule has 2 rings (SSSR count). The summed E-state index contributed by atoms with van der Waals surface area (Å²) in [4.78, 5) is 0. The zero-order valence-corrected chi connectivity index (χ0v) is 10.7. The van der Waals surface area contributed by atoms with E-state index in [4.69, 9.17) is 5.84 Å². The third kappa shape index (κ3) is 3.19. The summed E-state index contributed by atoms with van der Waals surface area (Å²) in [7, 11) is 0. The van der Waals surface area contributed by atoms with Gasteiger partial charge in [-0.25, -0.2) is 0 Å². The van der Waals surface area contributed by atoms with Crippen LogP contribution < -0.4 is 11.3 Å². The molecule has 0 saturated heterocycles. The van der Waals surface area contributed by atoms with Crippen LogP contribution in [0.3, 0.4) is 0 Å². The molecule has 2 aromatic carbocycles. The molecule has 94 valence electrons. The Morgan fingerprint density at radius 3 is 1.89 bits per heavy atom. The van der Waals surface area contributed by atoms with Gasteiger partial charge in [0.25, 0.3) is 0 Å². The van der Waals surface area contributed by atoms with Crippen molar-refractivity contribution in [3.8, 4) is 0 Å². The summed E-state index contributed by atoms with van der Waals surface area (Å²) < 4.78 is 0. The van der Waals surface area contributed by atoms with Gasteiger partial charge in [-0.15, -0.1) is 0 Å². The molecule has 0 unspecified atom stereocenters. The van der Waals surface area contributed by atoms with Gasteiger partial charge < -0.3 is 0 Å². The number of rotatable bonds is 5. The molecule has 0 heterocycles. The summed E-state index contributed by atoms with van der Waals surface area (Å²) in [6, 6.07) is 21.1. The van der Waals surface area contributed by atoms with Crippen LogP contribution in [0.1, 0.15) is 36.4 Å². The van der Waals surface area contributed by atoms with Crippen LogP contribution in [0.5, 0.6) is 0 Å². The molecule has 0 bridgehead atoms. The van der Waals surface area contributed by atoms with Crippen molar-refractivity contribution in [3.05, 3.63) is 71.8 Å². The van der Waals surface area contributed by atoms with Gasteiger partial charge in [-0.1, -0.05) is 67.6 Å². The molecule has 0 aliphatic rings. The maximum absolute atomic E-state index is 5.68. The zero-order chi connectivity index (χ0) is 12.8. The first kappa shape index (κ1) is 12.8. The van der Waals surface area contributed by atoms with Crippen LogP contribution in [-0.2, 0) is 0 Å². The smallest absolute Gasteiger partial charge is 0.0465 e. The largest absolute Gasteiger partial charge is 0.271 e. The van der Waals surface area contributed by atoms with Gasteiger partial charge in [0.05, 0.1) is 0 Å². The van der Waals surface area contributed by atoms with E-state index in [2.05, 4.69) is 48.7 Å². The molecule has 0 fully saturated rings. The minimum atomic E-state index is 0.196. The fourth-order valence-corrected chi connectivity index (χ4v) is 2.26. The predicted molar refractivity (Wildman–Crippen MR) is 76.0 cm³/mol. The van der Waals surface area contributed by atoms with Crippen LogP contribution in [0.2, 0.25) is 0 Å². The lowest BCUT2D eigenvalue weighted by molar-refractivity contribution is 0.477. The highest BCUT2D eigenvalue weighted by Crippen LogP contribution is 2.27. The van der Waals surface area contributed by atoms with Crippen LogP contribution in [0.15, 0.2) is 60.7 Å². The quantitative estimate of drug-likeness (QED) is 0.621. The Labute approximate surface area is 109 Å². The van der Waals surface area contributed by atoms with Crippen molar-refractivity contribution < 1.29 is 0 Å². The van der Waals surface area contributed by atoms with Crippen LogP contribution in [-0.4, -0.2) is 0 Å². The molecular formula is C16H20N2. The molecule has 0 aliphatic carbocycles. The van der Waals surface area contributed by atoms with Crippen LogP contribution in [0, 0.1) is 0 Å². The first-order chi connectivity index (χ1) is 8.81. The summed E-state index contributed by atoms with van der Waals surface area (Å²) in [5.74, 6) is 6.16. The van der Waals surface area contributed by atoms with Crippen molar-refractivity contribution in [2.75, 3.05) is 0 Å². The van der Waals surface area contributed by atoms with E-state index in [9.17, 15) is 0 Å². The number of hydrogen-bond acceptors (Lipinski definition) is 2. The first-order valence-corrected chi connectivity index (χ1v) is 6.37. The van der Waals surface area contributed by atoms with E-state index >= 15 is 0 Å². The molecule has 3 N–H and O–H groups in total. The summed E-state index contributed by atoms with van der Waals surface area (Å²) in [6.07, 6.45) is 0.991. The SMILES string of the molecule is C[C@H](C[C@H](NN)c1ccccc1)c1ccccc1. The molecule has 2 heteroatoms. The van der Waals surface area contributed by atoms with Gasteiger partial charge in [-0.2, -0.15) is 0 Å². The lowest BCUT2D eigenvalue weighted by atomic mass is 9.91. The monoisotopic (exact) mass is 240 g/mol. The Balaban J connectivity index is 2.07. The highest BCUT2D eigenvalue weighted by atomic mass is 15.2. The van der Waals surface area contributed by atoms with Gasteiger partial charge >= 0.3 is 0 Å². The van der Waals surface area contributed by atoms with Crippen molar-refractivity contribution >= 4 is 0 Å². The minimum absolute atomic E-state index is 0.196. The highest BCUT2D eigenvalue weighted by molar-refractivity contribution is 5.22. The second kappa shape index (κ2) is 6.34. The third-order valence-electron chi connectivity index (χ3n) is 3.36. The zero-order valence-electron chi connectivity index (χ0n) is 10.7. The number of nitrogens with two attached hydrogens (primary N) is 1. The van der Waals surface area contributed by atoms with Gasteiger partial charge in [0.1, 0.15) is 0 Å². The standard InChI is InChI=1S/C16H20N2/c1-13(14-8-4-2-5-9-14)12-16(18-17)15-10-6-3-7-11-15/h2-11,13,16,18H,12,17H2,1H3/t13-,16+/m1/s1. The second-order valence-corrected chi connectivity index (χ2v) is 4.68. The van der Waals surface area contributed by atoms with Crippen LogP contribution >= 0.6 is 0 Å². The van der Waals surface area contributed by atoms with Crippen LogP contribution in [0.25, 0.3) is 0 Å². The Morgan fingerprint density at radius 1 is 0.889 bits per heavy atom. The number of benzene rings is 2. The predicted octanol–water partition coefficient (Wildman–Crippen LogP) is 3.38. The number of nitrogens with one attached hydrogen (secondary N) is 1. The molecular weight excluding hydrogens is 220 g/mol. The van der Waals surface area contributed by atoms with Gasteiger partial charge in [0.2, 0.25) is 0 Å². The second-order valence-electron chi connectivity index (χ2n) is 4.68. The van der Waals surface area contributed by atoms with Gasteiger partial charge in [0, 0.05) is 6.04 Å².